The molecule has 0 spiro atoms. The molecule has 2 aliphatic carbocycles. The molecular weight excluding hydrogens is 435 g/mol. The number of nitriles is 1. The van der Waals surface area contributed by atoms with Gasteiger partial charge in [0.25, 0.3) is 0 Å². The van der Waals surface area contributed by atoms with Gasteiger partial charge in [-0.15, -0.1) is 0 Å². The van der Waals surface area contributed by atoms with Crippen LogP contribution in [0.2, 0.25) is 0 Å². The van der Waals surface area contributed by atoms with Crippen LogP contribution in [0.1, 0.15) is 67.6 Å². The zero-order valence-corrected chi connectivity index (χ0v) is 18.9. The summed E-state index contributed by atoms with van der Waals surface area (Å²) in [6, 6.07) is 5.71. The van der Waals surface area contributed by atoms with Crippen LogP contribution in [0.25, 0.3) is 0 Å². The van der Waals surface area contributed by atoms with Crippen LogP contribution in [-0.4, -0.2) is 44.2 Å². The van der Waals surface area contributed by atoms with Crippen molar-refractivity contribution in [3.63, 3.8) is 0 Å². The standard InChI is InChI=1S/C24H27FN8O/c1-12(14-4-7-18(27-9-14)13-2-3-13)33-23-20(19(8-26)32-33)24(34)31-22(30-23)17-6-5-16(17)21-28-10-15(25)11-29-21/h4,7,9-13,16-17,19-20,22-23,30,32H,2-3,5-6H2,1H3,(H,31,34). The maximum absolute atomic E-state index is 13.3. The average molecular weight is 463 g/mol. The van der Waals surface area contributed by atoms with Gasteiger partial charge < -0.3 is 5.32 Å². The van der Waals surface area contributed by atoms with E-state index in [2.05, 4.69) is 56.1 Å². The normalized spacial score (nSPS) is 34.0. The van der Waals surface area contributed by atoms with Crippen molar-refractivity contribution in [2.45, 2.75) is 68.9 Å². The number of hydrogen-bond acceptors (Lipinski definition) is 8. The molecule has 2 aliphatic heterocycles. The highest BCUT2D eigenvalue weighted by atomic mass is 19.1. The molecule has 4 aliphatic rings. The summed E-state index contributed by atoms with van der Waals surface area (Å²) >= 11 is 0. The van der Waals surface area contributed by atoms with Crippen LogP contribution in [0.3, 0.4) is 0 Å². The predicted molar refractivity (Wildman–Crippen MR) is 119 cm³/mol. The number of nitrogens with zero attached hydrogens (tertiary/aromatic N) is 5. The molecule has 3 N–H and O–H groups in total. The number of nitrogens with one attached hydrogen (secondary N) is 3. The van der Waals surface area contributed by atoms with Gasteiger partial charge in [-0.1, -0.05) is 6.07 Å². The Morgan fingerprint density at radius 1 is 1.15 bits per heavy atom. The summed E-state index contributed by atoms with van der Waals surface area (Å²) < 4.78 is 13.3. The average Bonchev–Trinajstić information content (AvgIpc) is 3.60. The van der Waals surface area contributed by atoms with E-state index in [9.17, 15) is 14.4 Å². The van der Waals surface area contributed by atoms with Crippen LogP contribution >= 0.6 is 0 Å². The molecule has 2 aromatic rings. The van der Waals surface area contributed by atoms with Gasteiger partial charge in [0.15, 0.2) is 5.82 Å². The zero-order chi connectivity index (χ0) is 23.4. The van der Waals surface area contributed by atoms with E-state index in [-0.39, 0.29) is 36.1 Å². The van der Waals surface area contributed by atoms with Crippen LogP contribution in [0.15, 0.2) is 30.7 Å². The first kappa shape index (κ1) is 21.5. The van der Waals surface area contributed by atoms with Gasteiger partial charge >= 0.3 is 0 Å². The Morgan fingerprint density at radius 2 is 1.94 bits per heavy atom. The molecule has 2 saturated heterocycles. The van der Waals surface area contributed by atoms with E-state index < -0.39 is 17.8 Å². The number of aromatic nitrogens is 3. The number of pyridine rings is 1. The van der Waals surface area contributed by atoms with Crippen molar-refractivity contribution < 1.29 is 9.18 Å². The third kappa shape index (κ3) is 3.64. The van der Waals surface area contributed by atoms with Crippen LogP contribution in [0.5, 0.6) is 0 Å². The molecule has 7 unspecified atom stereocenters. The van der Waals surface area contributed by atoms with Crippen molar-refractivity contribution in [3.05, 3.63) is 53.6 Å². The SMILES string of the molecule is CC(c1ccc(C2CC2)nc1)N1NC(C#N)C2C(=O)NC(C3CCC3c3ncc(F)cn3)NC21. The Kier molecular flexibility index (Phi) is 5.28. The molecule has 7 atom stereocenters. The molecule has 4 fully saturated rings. The summed E-state index contributed by atoms with van der Waals surface area (Å²) in [5.74, 6) is 0.178. The maximum Gasteiger partial charge on any atom is 0.230 e. The first-order chi connectivity index (χ1) is 16.5. The summed E-state index contributed by atoms with van der Waals surface area (Å²) in [6.45, 7) is 2.05. The number of carbonyl (C=O) groups excluding carboxylic acids is 1. The fraction of sp³-hybridized carbons (Fsp3) is 0.542. The topological polar surface area (TPSA) is 119 Å². The second-order valence-corrected chi connectivity index (χ2v) is 9.84. The Bertz CT molecular complexity index is 1120. The van der Waals surface area contributed by atoms with E-state index in [1.807, 2.05) is 11.2 Å². The lowest BCUT2D eigenvalue weighted by atomic mass is 9.70. The van der Waals surface area contributed by atoms with Crippen molar-refractivity contribution in [1.29, 1.82) is 5.26 Å². The molecule has 1 amide bonds. The zero-order valence-electron chi connectivity index (χ0n) is 18.9. The van der Waals surface area contributed by atoms with E-state index in [0.717, 1.165) is 24.1 Å². The molecule has 6 rings (SSSR count). The molecule has 34 heavy (non-hydrogen) atoms. The molecule has 4 heterocycles. The maximum atomic E-state index is 13.3. The molecule has 0 radical (unpaired) electrons. The van der Waals surface area contributed by atoms with Crippen LogP contribution < -0.4 is 16.1 Å². The highest BCUT2D eigenvalue weighted by Gasteiger charge is 2.54. The summed E-state index contributed by atoms with van der Waals surface area (Å²) in [4.78, 5) is 26.1. The van der Waals surface area contributed by atoms with Gasteiger partial charge in [0.2, 0.25) is 5.91 Å². The lowest BCUT2D eigenvalue weighted by Crippen LogP contribution is -2.68. The Morgan fingerprint density at radius 3 is 2.56 bits per heavy atom. The Balaban J connectivity index is 1.22. The highest BCUT2D eigenvalue weighted by molar-refractivity contribution is 5.82. The summed E-state index contributed by atoms with van der Waals surface area (Å²) in [6.07, 6.45) is 7.83. The minimum atomic E-state index is -0.628. The highest BCUT2D eigenvalue weighted by Crippen LogP contribution is 2.44. The molecule has 2 saturated carbocycles. The molecule has 0 aromatic carbocycles. The third-order valence-electron chi connectivity index (χ3n) is 7.81. The largest absolute Gasteiger partial charge is 0.340 e. The quantitative estimate of drug-likeness (QED) is 0.616. The monoisotopic (exact) mass is 462 g/mol. The van der Waals surface area contributed by atoms with Gasteiger partial charge in [-0.2, -0.15) is 5.26 Å². The Hall–Kier alpha value is -3.00. The number of halogens is 1. The summed E-state index contributed by atoms with van der Waals surface area (Å²) in [5, 5.41) is 18.4. The first-order valence-electron chi connectivity index (χ1n) is 12.0. The van der Waals surface area contributed by atoms with E-state index in [1.165, 1.54) is 25.2 Å². The molecular formula is C24H27FN8O. The van der Waals surface area contributed by atoms with Crippen molar-refractivity contribution >= 4 is 5.91 Å². The predicted octanol–water partition coefficient (Wildman–Crippen LogP) is 1.84. The van der Waals surface area contributed by atoms with Crippen molar-refractivity contribution in [2.24, 2.45) is 11.8 Å². The minimum absolute atomic E-state index is 0.0427. The second kappa shape index (κ2) is 8.34. The number of rotatable bonds is 5. The van der Waals surface area contributed by atoms with E-state index in [4.69, 9.17) is 0 Å². The molecule has 176 valence electrons. The Labute approximate surface area is 197 Å². The number of hydrogen-bond donors (Lipinski definition) is 3. The van der Waals surface area contributed by atoms with Crippen molar-refractivity contribution in [1.82, 2.24) is 36.0 Å². The summed E-state index contributed by atoms with van der Waals surface area (Å²) in [5.41, 5.74) is 5.42. The van der Waals surface area contributed by atoms with Gasteiger partial charge in [0.1, 0.15) is 11.9 Å². The van der Waals surface area contributed by atoms with E-state index in [0.29, 0.717) is 11.7 Å². The van der Waals surface area contributed by atoms with Crippen molar-refractivity contribution in [3.8, 4) is 6.07 Å². The van der Waals surface area contributed by atoms with Crippen LogP contribution in [0.4, 0.5) is 4.39 Å². The van der Waals surface area contributed by atoms with Gasteiger partial charge in [-0.25, -0.2) is 24.8 Å². The van der Waals surface area contributed by atoms with Gasteiger partial charge in [-0.05, 0) is 44.2 Å². The smallest absolute Gasteiger partial charge is 0.230 e. The lowest BCUT2D eigenvalue weighted by Gasteiger charge is -2.47. The fourth-order valence-corrected chi connectivity index (χ4v) is 5.53. The second-order valence-electron chi connectivity index (χ2n) is 9.84. The first-order valence-corrected chi connectivity index (χ1v) is 12.0. The third-order valence-corrected chi connectivity index (χ3v) is 7.81. The van der Waals surface area contributed by atoms with Crippen LogP contribution in [-0.2, 0) is 4.79 Å². The van der Waals surface area contributed by atoms with Gasteiger partial charge in [0, 0.05) is 35.7 Å². The minimum Gasteiger partial charge on any atom is -0.340 e. The molecule has 2 aromatic heterocycles. The number of amides is 1. The van der Waals surface area contributed by atoms with Gasteiger partial charge in [0.05, 0.1) is 36.7 Å². The number of carbonyl (C=O) groups is 1. The van der Waals surface area contributed by atoms with Gasteiger partial charge in [-0.3, -0.25) is 15.1 Å². The number of fused-ring (bicyclic) bond motifs is 1. The summed E-state index contributed by atoms with van der Waals surface area (Å²) in [7, 11) is 0. The van der Waals surface area contributed by atoms with E-state index >= 15 is 0 Å². The van der Waals surface area contributed by atoms with Crippen molar-refractivity contribution in [2.75, 3.05) is 0 Å². The van der Waals surface area contributed by atoms with Crippen LogP contribution in [0, 0.1) is 29.0 Å². The van der Waals surface area contributed by atoms with E-state index in [1.54, 1.807) is 0 Å². The molecule has 0 bridgehead atoms. The lowest BCUT2D eigenvalue weighted by molar-refractivity contribution is -0.132. The number of hydrazine groups is 1. The molecule has 9 nitrogen and oxygen atoms in total. The molecule has 10 heteroatoms. The fourth-order valence-electron chi connectivity index (χ4n) is 5.53.